The molecule has 0 bridgehead atoms. The van der Waals surface area contributed by atoms with Crippen LogP contribution in [-0.4, -0.2) is 29.9 Å². The van der Waals surface area contributed by atoms with Gasteiger partial charge >= 0.3 is 6.18 Å². The highest BCUT2D eigenvalue weighted by molar-refractivity contribution is 6.31. The molecule has 0 saturated heterocycles. The lowest BCUT2D eigenvalue weighted by molar-refractivity contribution is -0.138. The topological polar surface area (TPSA) is 78.6 Å². The fraction of sp³-hybridized carbons (Fsp3) is 0.105. The van der Waals surface area contributed by atoms with Gasteiger partial charge in [-0.15, -0.1) is 9.90 Å². The van der Waals surface area contributed by atoms with E-state index >= 15 is 0 Å². The van der Waals surface area contributed by atoms with Gasteiger partial charge in [0.25, 0.3) is 5.95 Å². The Morgan fingerprint density at radius 1 is 0.933 bits per heavy atom. The summed E-state index contributed by atoms with van der Waals surface area (Å²) in [5.74, 6) is 0.335. The zero-order chi connectivity index (χ0) is 21.1. The van der Waals surface area contributed by atoms with Crippen molar-refractivity contribution in [3.63, 3.8) is 0 Å². The molecule has 0 radical (unpaired) electrons. The van der Waals surface area contributed by atoms with Gasteiger partial charge in [0.1, 0.15) is 12.3 Å². The molecule has 30 heavy (non-hydrogen) atoms. The Morgan fingerprint density at radius 3 is 2.43 bits per heavy atom. The summed E-state index contributed by atoms with van der Waals surface area (Å²) >= 11 is 5.92. The first-order chi connectivity index (χ1) is 14.4. The van der Waals surface area contributed by atoms with Gasteiger partial charge in [-0.1, -0.05) is 23.7 Å². The molecule has 1 aromatic carbocycles. The van der Waals surface area contributed by atoms with Gasteiger partial charge in [-0.3, -0.25) is 4.98 Å². The van der Waals surface area contributed by atoms with Gasteiger partial charge in [0.2, 0.25) is 0 Å². The molecule has 3 heterocycles. The third kappa shape index (κ3) is 4.23. The molecule has 0 spiro atoms. The highest BCUT2D eigenvalue weighted by Gasteiger charge is 2.34. The lowest BCUT2D eigenvalue weighted by atomic mass is 10.1. The van der Waals surface area contributed by atoms with Crippen LogP contribution in [0.15, 0.2) is 61.2 Å². The number of ether oxygens (including phenoxy) is 1. The number of hydrogen-bond donors (Lipinski definition) is 0. The van der Waals surface area contributed by atoms with Crippen LogP contribution in [0.25, 0.3) is 17.3 Å². The minimum atomic E-state index is -4.54. The van der Waals surface area contributed by atoms with E-state index in [2.05, 4.69) is 25.1 Å². The Bertz CT molecular complexity index is 1150. The molecule has 0 amide bonds. The highest BCUT2D eigenvalue weighted by atomic mass is 35.5. The summed E-state index contributed by atoms with van der Waals surface area (Å²) in [5.41, 5.74) is 0.168. The van der Waals surface area contributed by atoms with Crippen molar-refractivity contribution in [2.45, 2.75) is 12.8 Å². The van der Waals surface area contributed by atoms with E-state index in [9.17, 15) is 13.2 Å². The summed E-state index contributed by atoms with van der Waals surface area (Å²) < 4.78 is 44.9. The predicted molar refractivity (Wildman–Crippen MR) is 101 cm³/mol. The number of pyridine rings is 1. The second-order valence-electron chi connectivity index (χ2n) is 6.01. The summed E-state index contributed by atoms with van der Waals surface area (Å²) in [7, 11) is 0. The van der Waals surface area contributed by atoms with Crippen molar-refractivity contribution in [3.8, 4) is 23.1 Å². The molecule has 152 valence electrons. The van der Waals surface area contributed by atoms with Crippen LogP contribution in [0.1, 0.15) is 11.1 Å². The Hall–Kier alpha value is -3.53. The van der Waals surface area contributed by atoms with Gasteiger partial charge in [0.05, 0.1) is 29.8 Å². The third-order valence-electron chi connectivity index (χ3n) is 4.02. The molecule has 0 saturated carbocycles. The van der Waals surface area contributed by atoms with E-state index in [0.29, 0.717) is 11.4 Å². The summed E-state index contributed by atoms with van der Waals surface area (Å²) in [5, 5.41) is 8.32. The third-order valence-corrected chi connectivity index (χ3v) is 4.37. The smallest absolute Gasteiger partial charge is 0.416 e. The van der Waals surface area contributed by atoms with Crippen LogP contribution >= 0.6 is 11.6 Å². The normalized spacial score (nSPS) is 11.5. The van der Waals surface area contributed by atoms with E-state index in [1.54, 1.807) is 18.3 Å². The maximum absolute atomic E-state index is 13.2. The van der Waals surface area contributed by atoms with Crippen LogP contribution in [-0.2, 0) is 12.8 Å². The van der Waals surface area contributed by atoms with E-state index in [1.165, 1.54) is 35.5 Å². The van der Waals surface area contributed by atoms with Gasteiger partial charge in [0.15, 0.2) is 5.75 Å². The van der Waals surface area contributed by atoms with Gasteiger partial charge in [-0.05, 0) is 24.3 Å². The lowest BCUT2D eigenvalue weighted by Gasteiger charge is -2.14. The maximum Gasteiger partial charge on any atom is 0.416 e. The molecular formula is C19H12ClF3N6O. The molecule has 0 atom stereocenters. The Labute approximate surface area is 173 Å². The molecule has 0 aliphatic carbocycles. The Balaban J connectivity index is 1.49. The molecule has 4 rings (SSSR count). The second kappa shape index (κ2) is 8.07. The van der Waals surface area contributed by atoms with Crippen molar-refractivity contribution in [2.24, 2.45) is 0 Å². The van der Waals surface area contributed by atoms with E-state index in [-0.39, 0.29) is 28.9 Å². The molecule has 0 fully saturated rings. The van der Waals surface area contributed by atoms with E-state index in [4.69, 9.17) is 16.3 Å². The Kier molecular flexibility index (Phi) is 5.32. The average molecular weight is 433 g/mol. The van der Waals surface area contributed by atoms with E-state index in [0.717, 1.165) is 6.07 Å². The number of aromatic nitrogens is 6. The van der Waals surface area contributed by atoms with Crippen molar-refractivity contribution in [2.75, 3.05) is 0 Å². The van der Waals surface area contributed by atoms with Crippen molar-refractivity contribution >= 4 is 11.6 Å². The van der Waals surface area contributed by atoms with E-state index in [1.807, 2.05) is 6.07 Å². The Morgan fingerprint density at radius 2 is 1.73 bits per heavy atom. The van der Waals surface area contributed by atoms with Crippen LogP contribution < -0.4 is 4.74 Å². The fourth-order valence-electron chi connectivity index (χ4n) is 2.60. The quantitative estimate of drug-likeness (QED) is 0.466. The minimum absolute atomic E-state index is 0.0369. The molecule has 0 aliphatic rings. The zero-order valence-electron chi connectivity index (χ0n) is 15.1. The fourth-order valence-corrected chi connectivity index (χ4v) is 2.83. The van der Waals surface area contributed by atoms with Gasteiger partial charge in [-0.25, -0.2) is 9.97 Å². The summed E-state index contributed by atoms with van der Waals surface area (Å²) in [4.78, 5) is 13.6. The largest absolute Gasteiger partial charge is 0.486 e. The molecule has 4 aromatic rings. The summed E-state index contributed by atoms with van der Waals surface area (Å²) in [6.07, 6.45) is 1.25. The van der Waals surface area contributed by atoms with Gasteiger partial charge in [0, 0.05) is 16.8 Å². The van der Waals surface area contributed by atoms with Crippen LogP contribution in [0.3, 0.4) is 0 Å². The van der Waals surface area contributed by atoms with Crippen molar-refractivity contribution in [1.29, 1.82) is 0 Å². The average Bonchev–Trinajstić information content (AvgIpc) is 3.23. The second-order valence-corrected chi connectivity index (χ2v) is 6.41. The predicted octanol–water partition coefficient (Wildman–Crippen LogP) is 4.37. The van der Waals surface area contributed by atoms with Crippen molar-refractivity contribution in [3.05, 3.63) is 77.3 Å². The number of hydrogen-bond acceptors (Lipinski definition) is 6. The minimum Gasteiger partial charge on any atom is -0.486 e. The molecule has 3 aromatic heterocycles. The van der Waals surface area contributed by atoms with Crippen LogP contribution in [0.5, 0.6) is 5.75 Å². The lowest BCUT2D eigenvalue weighted by Crippen LogP contribution is -2.11. The number of rotatable bonds is 5. The van der Waals surface area contributed by atoms with Gasteiger partial charge < -0.3 is 4.74 Å². The molecule has 7 nitrogen and oxygen atoms in total. The molecular weight excluding hydrogens is 421 g/mol. The van der Waals surface area contributed by atoms with Crippen LogP contribution in [0, 0.1) is 0 Å². The highest BCUT2D eigenvalue weighted by Crippen LogP contribution is 2.35. The van der Waals surface area contributed by atoms with E-state index < -0.39 is 11.7 Å². The summed E-state index contributed by atoms with van der Waals surface area (Å²) in [6, 6.07) is 8.96. The van der Waals surface area contributed by atoms with Crippen molar-refractivity contribution < 1.29 is 17.9 Å². The standard InChI is InChI=1S/C19H12ClF3N6O/c20-15-5-3-4-14(19(21,22)23)13(15)11-30-12-8-25-18(26-9-12)29-27-10-17(28-29)16-6-1-2-7-24-16/h1-10H,11H2. The maximum atomic E-state index is 13.2. The summed E-state index contributed by atoms with van der Waals surface area (Å²) in [6.45, 7) is -0.388. The molecule has 0 aliphatic heterocycles. The molecule has 0 unspecified atom stereocenters. The molecule has 0 N–H and O–H groups in total. The van der Waals surface area contributed by atoms with Gasteiger partial charge in [-0.2, -0.15) is 18.3 Å². The van der Waals surface area contributed by atoms with Crippen molar-refractivity contribution in [1.82, 2.24) is 29.9 Å². The number of alkyl halides is 3. The SMILES string of the molecule is FC(F)(F)c1cccc(Cl)c1COc1cnc(-n2ncc(-c3ccccn3)n2)nc1. The monoisotopic (exact) mass is 432 g/mol. The number of halogens is 4. The first-order valence-corrected chi connectivity index (χ1v) is 8.93. The molecule has 11 heteroatoms. The number of nitrogens with zero attached hydrogens (tertiary/aromatic N) is 6. The first kappa shape index (κ1) is 19.8. The van der Waals surface area contributed by atoms with Crippen LogP contribution in [0.4, 0.5) is 13.2 Å². The first-order valence-electron chi connectivity index (χ1n) is 8.55. The number of benzene rings is 1. The zero-order valence-corrected chi connectivity index (χ0v) is 15.8. The van der Waals surface area contributed by atoms with Crippen LogP contribution in [0.2, 0.25) is 5.02 Å².